The molecule has 3 aromatic rings. The number of carbonyl (C=O) groups excluding carboxylic acids is 2. The molecule has 0 radical (unpaired) electrons. The maximum atomic E-state index is 13.7. The Morgan fingerprint density at radius 1 is 0.821 bits per heavy atom. The minimum atomic E-state index is -1.06. The fourth-order valence-corrected chi connectivity index (χ4v) is 5.98. The number of carboxylic acid groups (broad SMARTS) is 1. The van der Waals surface area contributed by atoms with Gasteiger partial charge in [0.05, 0.1) is 5.92 Å². The maximum Gasteiger partial charge on any atom is 0.407 e. The first-order valence-corrected chi connectivity index (χ1v) is 13.7. The number of carboxylic acids is 1. The summed E-state index contributed by atoms with van der Waals surface area (Å²) in [6.45, 7) is 0.0202. The lowest BCUT2D eigenvalue weighted by Crippen LogP contribution is -2.48. The molecule has 39 heavy (non-hydrogen) atoms. The number of hydrogen-bond acceptors (Lipinski definition) is 4. The highest BCUT2D eigenvalue weighted by Gasteiger charge is 2.35. The molecular formula is C32H34N2O5. The van der Waals surface area contributed by atoms with Crippen molar-refractivity contribution in [2.45, 2.75) is 50.6 Å². The molecule has 202 valence electrons. The molecule has 1 saturated carbocycles. The number of alkyl carbamates (subject to hydrolysis) is 1. The average molecular weight is 527 g/mol. The highest BCUT2D eigenvalue weighted by Crippen LogP contribution is 2.44. The molecule has 5 rings (SSSR count). The van der Waals surface area contributed by atoms with Gasteiger partial charge < -0.3 is 20.1 Å². The van der Waals surface area contributed by atoms with Crippen LogP contribution >= 0.6 is 0 Å². The largest absolute Gasteiger partial charge is 0.480 e. The number of rotatable bonds is 8. The van der Waals surface area contributed by atoms with Crippen LogP contribution in [0.5, 0.6) is 0 Å². The second kappa shape index (κ2) is 12.2. The standard InChI is InChI=1S/C32H34N2O5/c35-30(36)20-34(19-22-11-3-1-4-12-22)31(37)27-17-5-2-6-18-29(27)33-32(38)39-21-28-25-15-9-7-13-23(25)24-14-8-10-16-26(24)28/h1,3-4,7-16,27-29H,2,5-6,17-21H2,(H,33,38)(H,35,36)/t27-,29+/m0/s1. The second-order valence-corrected chi connectivity index (χ2v) is 10.4. The third-order valence-electron chi connectivity index (χ3n) is 7.83. The van der Waals surface area contributed by atoms with Gasteiger partial charge in [-0.2, -0.15) is 0 Å². The van der Waals surface area contributed by atoms with Gasteiger partial charge in [0.2, 0.25) is 5.91 Å². The van der Waals surface area contributed by atoms with E-state index in [2.05, 4.69) is 29.6 Å². The van der Waals surface area contributed by atoms with Crippen LogP contribution in [0.15, 0.2) is 78.9 Å². The zero-order valence-corrected chi connectivity index (χ0v) is 21.9. The first-order chi connectivity index (χ1) is 19.0. The normalized spacial score (nSPS) is 18.4. The van der Waals surface area contributed by atoms with Crippen LogP contribution in [0.4, 0.5) is 4.79 Å². The molecule has 7 heteroatoms. The molecule has 0 aliphatic heterocycles. The number of fused-ring (bicyclic) bond motifs is 3. The molecule has 2 atom stereocenters. The highest BCUT2D eigenvalue weighted by molar-refractivity contribution is 5.84. The predicted molar refractivity (Wildman–Crippen MR) is 148 cm³/mol. The van der Waals surface area contributed by atoms with Crippen molar-refractivity contribution in [2.24, 2.45) is 5.92 Å². The number of hydrogen-bond donors (Lipinski definition) is 2. The lowest BCUT2D eigenvalue weighted by atomic mass is 9.93. The van der Waals surface area contributed by atoms with Gasteiger partial charge in [-0.25, -0.2) is 4.79 Å². The third-order valence-corrected chi connectivity index (χ3v) is 7.83. The molecule has 3 aromatic carbocycles. The molecule has 0 unspecified atom stereocenters. The van der Waals surface area contributed by atoms with Gasteiger partial charge >= 0.3 is 12.1 Å². The Balaban J connectivity index is 1.27. The van der Waals surface area contributed by atoms with Gasteiger partial charge in [0.15, 0.2) is 0 Å². The summed E-state index contributed by atoms with van der Waals surface area (Å²) in [5.41, 5.74) is 5.46. The molecule has 2 amide bonds. The smallest absolute Gasteiger partial charge is 0.407 e. The molecule has 0 saturated heterocycles. The van der Waals surface area contributed by atoms with E-state index >= 15 is 0 Å². The lowest BCUT2D eigenvalue weighted by Gasteiger charge is -2.30. The second-order valence-electron chi connectivity index (χ2n) is 10.4. The highest BCUT2D eigenvalue weighted by atomic mass is 16.5. The SMILES string of the molecule is O=C(O)CN(Cc1ccccc1)C(=O)[C@H]1CCCCC[C@H]1NC(=O)OCC1c2ccccc2-c2ccccc21. The van der Waals surface area contributed by atoms with E-state index in [1.165, 1.54) is 4.90 Å². The van der Waals surface area contributed by atoms with Crippen molar-refractivity contribution in [1.29, 1.82) is 0 Å². The Hall–Kier alpha value is -4.13. The minimum Gasteiger partial charge on any atom is -0.480 e. The molecule has 2 aliphatic carbocycles. The summed E-state index contributed by atoms with van der Waals surface area (Å²) in [5, 5.41) is 12.5. The van der Waals surface area contributed by atoms with E-state index in [0.717, 1.165) is 47.1 Å². The van der Waals surface area contributed by atoms with E-state index in [9.17, 15) is 19.5 Å². The van der Waals surface area contributed by atoms with Crippen molar-refractivity contribution >= 4 is 18.0 Å². The van der Waals surface area contributed by atoms with Gasteiger partial charge in [-0.05, 0) is 40.7 Å². The molecule has 1 fully saturated rings. The van der Waals surface area contributed by atoms with Crippen LogP contribution in [0.1, 0.15) is 54.7 Å². The third kappa shape index (κ3) is 6.14. The van der Waals surface area contributed by atoms with Gasteiger partial charge in [0, 0.05) is 18.5 Å². The van der Waals surface area contributed by atoms with Crippen LogP contribution in [-0.2, 0) is 20.9 Å². The fraction of sp³-hybridized carbons (Fsp3) is 0.344. The van der Waals surface area contributed by atoms with E-state index in [-0.39, 0.29) is 31.5 Å². The van der Waals surface area contributed by atoms with Crippen molar-refractivity contribution in [3.05, 3.63) is 95.6 Å². The zero-order chi connectivity index (χ0) is 27.2. The van der Waals surface area contributed by atoms with Crippen molar-refractivity contribution in [1.82, 2.24) is 10.2 Å². The fourth-order valence-electron chi connectivity index (χ4n) is 5.98. The molecule has 0 heterocycles. The number of aliphatic carboxylic acids is 1. The quantitative estimate of drug-likeness (QED) is 0.373. The Morgan fingerprint density at radius 2 is 1.44 bits per heavy atom. The van der Waals surface area contributed by atoms with Crippen LogP contribution in [-0.4, -0.2) is 47.2 Å². The summed E-state index contributed by atoms with van der Waals surface area (Å²) in [5.74, 6) is -1.86. The number of amides is 2. The topological polar surface area (TPSA) is 95.9 Å². The Bertz CT molecular complexity index is 1280. The summed E-state index contributed by atoms with van der Waals surface area (Å²) < 4.78 is 5.76. The van der Waals surface area contributed by atoms with E-state index in [4.69, 9.17) is 4.74 Å². The first kappa shape index (κ1) is 26.5. The van der Waals surface area contributed by atoms with Crippen LogP contribution in [0, 0.1) is 5.92 Å². The number of nitrogens with zero attached hydrogens (tertiary/aromatic N) is 1. The molecule has 2 aliphatic rings. The number of benzene rings is 3. The Kier molecular flexibility index (Phi) is 8.25. The summed E-state index contributed by atoms with van der Waals surface area (Å²) in [6, 6.07) is 25.3. The van der Waals surface area contributed by atoms with Gasteiger partial charge in [0.25, 0.3) is 0 Å². The maximum absolute atomic E-state index is 13.7. The predicted octanol–water partition coefficient (Wildman–Crippen LogP) is 5.59. The molecule has 0 bridgehead atoms. The first-order valence-electron chi connectivity index (χ1n) is 13.7. The van der Waals surface area contributed by atoms with Gasteiger partial charge in [-0.15, -0.1) is 0 Å². The lowest BCUT2D eigenvalue weighted by molar-refractivity contribution is -0.147. The summed E-state index contributed by atoms with van der Waals surface area (Å²) in [4.78, 5) is 39.8. The molecule has 0 aromatic heterocycles. The average Bonchev–Trinajstić information content (AvgIpc) is 3.08. The van der Waals surface area contributed by atoms with Gasteiger partial charge in [-0.1, -0.05) is 98.1 Å². The summed E-state index contributed by atoms with van der Waals surface area (Å²) >= 11 is 0. The Morgan fingerprint density at radius 3 is 2.10 bits per heavy atom. The van der Waals surface area contributed by atoms with Crippen LogP contribution in [0.2, 0.25) is 0 Å². The number of nitrogens with one attached hydrogen (secondary N) is 1. The van der Waals surface area contributed by atoms with E-state index < -0.39 is 24.0 Å². The number of ether oxygens (including phenoxy) is 1. The van der Waals surface area contributed by atoms with Crippen LogP contribution in [0.25, 0.3) is 11.1 Å². The van der Waals surface area contributed by atoms with E-state index in [0.29, 0.717) is 12.8 Å². The molecular weight excluding hydrogens is 492 g/mol. The minimum absolute atomic E-state index is 0.0494. The Labute approximate surface area is 228 Å². The van der Waals surface area contributed by atoms with Crippen LogP contribution < -0.4 is 5.32 Å². The van der Waals surface area contributed by atoms with Crippen molar-refractivity contribution < 1.29 is 24.2 Å². The van der Waals surface area contributed by atoms with Gasteiger partial charge in [-0.3, -0.25) is 9.59 Å². The van der Waals surface area contributed by atoms with Gasteiger partial charge in [0.1, 0.15) is 13.2 Å². The zero-order valence-electron chi connectivity index (χ0n) is 21.9. The molecule has 0 spiro atoms. The van der Waals surface area contributed by atoms with Crippen molar-refractivity contribution in [3.63, 3.8) is 0 Å². The van der Waals surface area contributed by atoms with Crippen molar-refractivity contribution in [2.75, 3.05) is 13.2 Å². The molecule has 7 nitrogen and oxygen atoms in total. The van der Waals surface area contributed by atoms with Crippen LogP contribution in [0.3, 0.4) is 0 Å². The summed E-state index contributed by atoms with van der Waals surface area (Å²) in [6.07, 6.45) is 3.39. The van der Waals surface area contributed by atoms with E-state index in [1.54, 1.807) is 0 Å². The number of carbonyl (C=O) groups is 3. The monoisotopic (exact) mass is 526 g/mol. The van der Waals surface area contributed by atoms with Crippen molar-refractivity contribution in [3.8, 4) is 11.1 Å². The van der Waals surface area contributed by atoms with E-state index in [1.807, 2.05) is 54.6 Å². The molecule has 2 N–H and O–H groups in total. The summed E-state index contributed by atoms with van der Waals surface area (Å²) in [7, 11) is 0.